The Balaban J connectivity index is 2.05. The van der Waals surface area contributed by atoms with Crippen molar-refractivity contribution in [2.75, 3.05) is 0 Å². The minimum atomic E-state index is -0.104. The van der Waals surface area contributed by atoms with Crippen molar-refractivity contribution in [2.24, 2.45) is 0 Å². The van der Waals surface area contributed by atoms with Crippen LogP contribution in [0.25, 0.3) is 38.9 Å². The number of hydrogen-bond donors (Lipinski definition) is 0. The second kappa shape index (κ2) is 6.92. The number of benzene rings is 2. The first-order valence-electron chi connectivity index (χ1n) is 9.96. The number of halogens is 1. The third-order valence-corrected chi connectivity index (χ3v) is 5.93. The maximum atomic E-state index is 13.6. The van der Waals surface area contributed by atoms with E-state index in [0.29, 0.717) is 33.0 Å². The van der Waals surface area contributed by atoms with Crippen molar-refractivity contribution in [3.8, 4) is 5.69 Å². The molecule has 7 heteroatoms. The largest absolute Gasteiger partial charge is 0.293 e. The number of fused-ring (bicyclic) bond motifs is 4. The van der Waals surface area contributed by atoms with Gasteiger partial charge in [-0.15, -0.1) is 0 Å². The van der Waals surface area contributed by atoms with E-state index in [4.69, 9.17) is 26.6 Å². The minimum Gasteiger partial charge on any atom is -0.293 e. The Bertz CT molecular complexity index is 1500. The molecule has 0 spiro atoms. The monoisotopic (exact) mass is 417 g/mol. The van der Waals surface area contributed by atoms with E-state index in [0.717, 1.165) is 23.1 Å². The fraction of sp³-hybridized carbons (Fsp3) is 0.217. The highest BCUT2D eigenvalue weighted by molar-refractivity contribution is 6.32. The molecule has 1 unspecified atom stereocenters. The van der Waals surface area contributed by atoms with Crippen LogP contribution < -0.4 is 5.56 Å². The van der Waals surface area contributed by atoms with Gasteiger partial charge in [-0.1, -0.05) is 42.8 Å². The Morgan fingerprint density at radius 2 is 1.63 bits per heavy atom. The highest BCUT2D eigenvalue weighted by atomic mass is 35.5. The molecule has 6 nitrogen and oxygen atoms in total. The van der Waals surface area contributed by atoms with E-state index in [-0.39, 0.29) is 11.6 Å². The van der Waals surface area contributed by atoms with Gasteiger partial charge in [0.2, 0.25) is 0 Å². The summed E-state index contributed by atoms with van der Waals surface area (Å²) in [6.45, 7) is 5.94. The number of para-hydroxylation sites is 3. The zero-order valence-electron chi connectivity index (χ0n) is 16.9. The molecule has 0 bridgehead atoms. The van der Waals surface area contributed by atoms with Crippen LogP contribution in [0.3, 0.4) is 0 Å². The number of aryl methyl sites for hydroxylation is 1. The number of aromatic nitrogens is 5. The summed E-state index contributed by atoms with van der Waals surface area (Å²) in [5.41, 5.74) is 3.73. The maximum Gasteiger partial charge on any atom is 0.265 e. The average molecular weight is 418 g/mol. The molecule has 0 aliphatic rings. The Morgan fingerprint density at radius 3 is 2.33 bits per heavy atom. The molecule has 150 valence electrons. The average Bonchev–Trinajstić information content (AvgIpc) is 3.05. The van der Waals surface area contributed by atoms with Crippen molar-refractivity contribution in [2.45, 2.75) is 33.2 Å². The normalized spacial score (nSPS) is 12.8. The van der Waals surface area contributed by atoms with Gasteiger partial charge in [0.05, 0.1) is 21.7 Å². The van der Waals surface area contributed by atoms with Gasteiger partial charge in [-0.05, 0) is 44.5 Å². The van der Waals surface area contributed by atoms with Gasteiger partial charge in [0, 0.05) is 6.04 Å². The summed E-state index contributed by atoms with van der Waals surface area (Å²) >= 11 is 6.54. The molecular formula is C23H20ClN5O. The molecule has 0 saturated carbocycles. The van der Waals surface area contributed by atoms with E-state index >= 15 is 0 Å². The van der Waals surface area contributed by atoms with E-state index in [1.807, 2.05) is 66.9 Å². The Labute approximate surface area is 177 Å². The zero-order valence-corrected chi connectivity index (χ0v) is 17.7. The summed E-state index contributed by atoms with van der Waals surface area (Å²) in [5, 5.41) is 1.02. The molecule has 0 radical (unpaired) electrons. The van der Waals surface area contributed by atoms with Gasteiger partial charge in [0.25, 0.3) is 5.56 Å². The van der Waals surface area contributed by atoms with Crippen LogP contribution in [0.2, 0.25) is 5.02 Å². The van der Waals surface area contributed by atoms with E-state index in [9.17, 15) is 4.79 Å². The molecule has 0 aliphatic heterocycles. The van der Waals surface area contributed by atoms with Crippen molar-refractivity contribution >= 4 is 44.8 Å². The van der Waals surface area contributed by atoms with Crippen molar-refractivity contribution < 1.29 is 0 Å². The summed E-state index contributed by atoms with van der Waals surface area (Å²) < 4.78 is 3.59. The predicted molar refractivity (Wildman–Crippen MR) is 121 cm³/mol. The molecule has 2 aromatic carbocycles. The molecule has 5 rings (SSSR count). The van der Waals surface area contributed by atoms with Crippen LogP contribution in [-0.4, -0.2) is 24.1 Å². The van der Waals surface area contributed by atoms with Crippen molar-refractivity contribution in [3.05, 3.63) is 69.7 Å². The molecule has 5 aromatic rings. The maximum absolute atomic E-state index is 13.6. The zero-order chi connectivity index (χ0) is 21.0. The molecule has 30 heavy (non-hydrogen) atoms. The van der Waals surface area contributed by atoms with E-state index < -0.39 is 0 Å². The lowest BCUT2D eigenvalue weighted by atomic mass is 10.2. The fourth-order valence-corrected chi connectivity index (χ4v) is 4.19. The predicted octanol–water partition coefficient (Wildman–Crippen LogP) is 5.22. The van der Waals surface area contributed by atoms with Gasteiger partial charge in [-0.3, -0.25) is 13.9 Å². The third kappa shape index (κ3) is 2.64. The van der Waals surface area contributed by atoms with Crippen LogP contribution >= 0.6 is 11.6 Å². The summed E-state index contributed by atoms with van der Waals surface area (Å²) in [5.74, 6) is 0.655. The standard InChI is InChI=1S/C23H20ClN5O/c1-4-13(2)28-14(3)25-21-19(23(28)30)20-22(27-17-11-7-6-10-16(17)26-20)29(21)18-12-8-5-9-15(18)24/h5-13H,4H2,1-3H3. The van der Waals surface area contributed by atoms with Crippen molar-refractivity contribution in [1.29, 1.82) is 0 Å². The van der Waals surface area contributed by atoms with Crippen LogP contribution in [0.5, 0.6) is 0 Å². The van der Waals surface area contributed by atoms with Gasteiger partial charge in [0.1, 0.15) is 16.7 Å². The summed E-state index contributed by atoms with van der Waals surface area (Å²) in [6.07, 6.45) is 0.825. The Morgan fingerprint density at radius 1 is 0.967 bits per heavy atom. The second-order valence-electron chi connectivity index (χ2n) is 7.46. The molecule has 0 aliphatic carbocycles. The molecule has 0 N–H and O–H groups in total. The third-order valence-electron chi connectivity index (χ3n) is 5.61. The first-order chi connectivity index (χ1) is 14.5. The van der Waals surface area contributed by atoms with Crippen molar-refractivity contribution in [3.63, 3.8) is 0 Å². The van der Waals surface area contributed by atoms with E-state index in [1.54, 1.807) is 4.57 Å². The lowest BCUT2D eigenvalue weighted by molar-refractivity contribution is 0.497. The molecule has 1 atom stereocenters. The first-order valence-corrected chi connectivity index (χ1v) is 10.3. The fourth-order valence-electron chi connectivity index (χ4n) is 3.97. The van der Waals surface area contributed by atoms with Crippen LogP contribution in [0, 0.1) is 6.92 Å². The number of rotatable bonds is 3. The molecule has 3 aromatic heterocycles. The lowest BCUT2D eigenvalue weighted by Crippen LogP contribution is -2.26. The van der Waals surface area contributed by atoms with Gasteiger partial charge in [-0.2, -0.15) is 0 Å². The number of hydrogen-bond acceptors (Lipinski definition) is 4. The molecule has 0 amide bonds. The van der Waals surface area contributed by atoms with Crippen molar-refractivity contribution in [1.82, 2.24) is 24.1 Å². The van der Waals surface area contributed by atoms with E-state index in [2.05, 4.69) is 6.92 Å². The summed E-state index contributed by atoms with van der Waals surface area (Å²) in [6, 6.07) is 15.2. The summed E-state index contributed by atoms with van der Waals surface area (Å²) in [4.78, 5) is 28.1. The Kier molecular flexibility index (Phi) is 4.33. The molecule has 3 heterocycles. The topological polar surface area (TPSA) is 65.6 Å². The van der Waals surface area contributed by atoms with Gasteiger partial charge >= 0.3 is 0 Å². The number of nitrogens with zero attached hydrogens (tertiary/aromatic N) is 5. The lowest BCUT2D eigenvalue weighted by Gasteiger charge is -2.16. The first kappa shape index (κ1) is 18.8. The quantitative estimate of drug-likeness (QED) is 0.404. The van der Waals surface area contributed by atoms with E-state index in [1.165, 1.54) is 0 Å². The smallest absolute Gasteiger partial charge is 0.265 e. The van der Waals surface area contributed by atoms with Crippen LogP contribution in [0.1, 0.15) is 32.1 Å². The highest BCUT2D eigenvalue weighted by Gasteiger charge is 2.24. The van der Waals surface area contributed by atoms with Crippen LogP contribution in [0.4, 0.5) is 0 Å². The van der Waals surface area contributed by atoms with Gasteiger partial charge < -0.3 is 0 Å². The second-order valence-corrected chi connectivity index (χ2v) is 7.87. The minimum absolute atomic E-state index is 0.0292. The molecule has 0 saturated heterocycles. The van der Waals surface area contributed by atoms with Gasteiger partial charge in [0.15, 0.2) is 11.3 Å². The van der Waals surface area contributed by atoms with Gasteiger partial charge in [-0.25, -0.2) is 15.0 Å². The molecular weight excluding hydrogens is 398 g/mol. The van der Waals surface area contributed by atoms with Crippen LogP contribution in [0.15, 0.2) is 53.3 Å². The SMILES string of the molecule is CCC(C)n1c(C)nc2c(c1=O)c1nc3ccccc3nc1n2-c1ccccc1Cl. The molecule has 0 fully saturated rings. The highest BCUT2D eigenvalue weighted by Crippen LogP contribution is 2.31. The van der Waals surface area contributed by atoms with Crippen LogP contribution in [-0.2, 0) is 0 Å². The summed E-state index contributed by atoms with van der Waals surface area (Å²) in [7, 11) is 0. The Hall–Kier alpha value is -3.25.